The molecule has 0 saturated heterocycles. The first-order chi connectivity index (χ1) is 12.3. The van der Waals surface area contributed by atoms with Crippen molar-refractivity contribution < 1.29 is 41.8 Å². The molecule has 0 bridgehead atoms. The molecular formula is C14H28ClO9P2+. The Hall–Kier alpha value is -0.560. The summed E-state index contributed by atoms with van der Waals surface area (Å²) in [5.74, 6) is -0.796. The van der Waals surface area contributed by atoms with Crippen molar-refractivity contribution in [1.29, 1.82) is 0 Å². The van der Waals surface area contributed by atoms with Crippen molar-refractivity contribution in [1.82, 2.24) is 0 Å². The van der Waals surface area contributed by atoms with Gasteiger partial charge in [-0.05, 0) is 32.3 Å². The van der Waals surface area contributed by atoms with Crippen LogP contribution in [0.4, 0.5) is 0 Å². The van der Waals surface area contributed by atoms with Gasteiger partial charge in [0.15, 0.2) is 0 Å². The number of ether oxygens (including phenoxy) is 2. The molecule has 26 heavy (non-hydrogen) atoms. The average Bonchev–Trinajstić information content (AvgIpc) is 2.54. The zero-order chi connectivity index (χ0) is 20.4. The second-order valence-electron chi connectivity index (χ2n) is 4.23. The predicted molar refractivity (Wildman–Crippen MR) is 98.1 cm³/mol. The number of carbonyl (C=O) groups excluding carboxylic acids is 2. The van der Waals surface area contributed by atoms with Crippen molar-refractivity contribution in [3.05, 3.63) is 0 Å². The summed E-state index contributed by atoms with van der Waals surface area (Å²) >= 11 is 5.27. The monoisotopic (exact) mass is 437 g/mol. The fraction of sp³-hybridized carbons (Fsp3) is 0.857. The lowest BCUT2D eigenvalue weighted by Crippen LogP contribution is -2.12. The quantitative estimate of drug-likeness (QED) is 0.243. The summed E-state index contributed by atoms with van der Waals surface area (Å²) in [6, 6.07) is 0. The third-order valence-corrected chi connectivity index (χ3v) is 5.25. The maximum Gasteiger partial charge on any atom is 0.520 e. The Morgan fingerprint density at radius 3 is 1.85 bits per heavy atom. The number of hydrogen-bond donors (Lipinski definition) is 0. The van der Waals surface area contributed by atoms with E-state index in [-0.39, 0.29) is 51.2 Å². The van der Waals surface area contributed by atoms with E-state index < -0.39 is 27.6 Å². The lowest BCUT2D eigenvalue weighted by Gasteiger charge is -2.15. The number of alkyl halides is 1. The van der Waals surface area contributed by atoms with Crippen molar-refractivity contribution in [3.63, 3.8) is 0 Å². The lowest BCUT2D eigenvalue weighted by atomic mass is 10.8. The van der Waals surface area contributed by atoms with Crippen LogP contribution in [0, 0.1) is 0 Å². The van der Waals surface area contributed by atoms with Gasteiger partial charge in [-0.1, -0.05) is 0 Å². The average molecular weight is 438 g/mol. The first-order valence-electron chi connectivity index (χ1n) is 8.11. The van der Waals surface area contributed by atoms with Gasteiger partial charge in [-0.2, -0.15) is 0 Å². The summed E-state index contributed by atoms with van der Waals surface area (Å²) in [5, 5.41) is 0. The van der Waals surface area contributed by atoms with E-state index in [0.29, 0.717) is 0 Å². The van der Waals surface area contributed by atoms with Crippen LogP contribution >= 0.6 is 27.2 Å². The van der Waals surface area contributed by atoms with Crippen LogP contribution in [0.15, 0.2) is 0 Å². The molecule has 1 atom stereocenters. The molecule has 0 radical (unpaired) electrons. The summed E-state index contributed by atoms with van der Waals surface area (Å²) < 4.78 is 46.3. The molecule has 0 N–H and O–H groups in total. The molecule has 0 spiro atoms. The standard InChI is InChI=1S/C8H17O5P.C6H11ClO4P/c1-4-11-8(9)7-14(10,12-5-2)13-6-3;1-2-10-6(8)5-12(9)11-4-3-7/h4-7H2,1-3H3;2-5H2,1H3/q;+1. The Balaban J connectivity index is 0. The van der Waals surface area contributed by atoms with Gasteiger partial charge in [0.2, 0.25) is 0 Å². The fourth-order valence-corrected chi connectivity index (χ4v) is 3.71. The normalized spacial score (nSPS) is 11.2. The number of halogens is 1. The highest BCUT2D eigenvalue weighted by Gasteiger charge is 2.28. The first-order valence-corrected chi connectivity index (χ1v) is 11.7. The Kier molecular flexibility index (Phi) is 19.0. The summed E-state index contributed by atoms with van der Waals surface area (Å²) in [6.07, 6.45) is -0.511. The minimum Gasteiger partial charge on any atom is -0.466 e. The zero-order valence-electron chi connectivity index (χ0n) is 15.6. The molecular weight excluding hydrogens is 410 g/mol. The molecule has 0 rings (SSSR count). The van der Waals surface area contributed by atoms with Crippen LogP contribution in [0.3, 0.4) is 0 Å². The van der Waals surface area contributed by atoms with Crippen LogP contribution in [0.2, 0.25) is 0 Å². The van der Waals surface area contributed by atoms with Crippen LogP contribution in [-0.2, 0) is 41.8 Å². The third kappa shape index (κ3) is 16.9. The van der Waals surface area contributed by atoms with Crippen LogP contribution < -0.4 is 0 Å². The molecule has 154 valence electrons. The van der Waals surface area contributed by atoms with E-state index in [1.165, 1.54) is 0 Å². The van der Waals surface area contributed by atoms with Crippen molar-refractivity contribution in [2.45, 2.75) is 27.7 Å². The molecule has 0 fully saturated rings. The Bertz CT molecular complexity index is 450. The summed E-state index contributed by atoms with van der Waals surface area (Å²) in [4.78, 5) is 21.8. The smallest absolute Gasteiger partial charge is 0.466 e. The molecule has 0 aromatic rings. The van der Waals surface area contributed by atoms with E-state index in [1.807, 2.05) is 0 Å². The van der Waals surface area contributed by atoms with E-state index >= 15 is 0 Å². The number of carbonyl (C=O) groups is 2. The van der Waals surface area contributed by atoms with Gasteiger partial charge < -0.3 is 18.5 Å². The van der Waals surface area contributed by atoms with Crippen LogP contribution in [0.1, 0.15) is 27.7 Å². The largest absolute Gasteiger partial charge is 0.520 e. The maximum atomic E-state index is 11.8. The molecule has 0 heterocycles. The van der Waals surface area contributed by atoms with Gasteiger partial charge in [0.1, 0.15) is 12.8 Å². The molecule has 9 nitrogen and oxygen atoms in total. The van der Waals surface area contributed by atoms with E-state index in [0.717, 1.165) is 0 Å². The van der Waals surface area contributed by atoms with Crippen LogP contribution in [0.25, 0.3) is 0 Å². The topological polar surface area (TPSA) is 114 Å². The van der Waals surface area contributed by atoms with Gasteiger partial charge in [0, 0.05) is 0 Å². The van der Waals surface area contributed by atoms with E-state index in [2.05, 4.69) is 14.0 Å². The van der Waals surface area contributed by atoms with Gasteiger partial charge in [0.25, 0.3) is 6.16 Å². The summed E-state index contributed by atoms with van der Waals surface area (Å²) in [7, 11) is -5.23. The van der Waals surface area contributed by atoms with E-state index in [4.69, 9.17) is 20.6 Å². The Labute approximate surface area is 160 Å². The minimum atomic E-state index is -3.28. The summed E-state index contributed by atoms with van der Waals surface area (Å²) in [6.45, 7) is 7.99. The lowest BCUT2D eigenvalue weighted by molar-refractivity contribution is -0.141. The van der Waals surface area contributed by atoms with Crippen molar-refractivity contribution in [2.75, 3.05) is 51.2 Å². The molecule has 12 heteroatoms. The SMILES string of the molecule is CCOC(=O)CP(=O)(OCC)OCC.CCOC(=O)C[P+](=O)OCCCl. The minimum absolute atomic E-state index is 0.191. The predicted octanol–water partition coefficient (Wildman–Crippen LogP) is 3.36. The summed E-state index contributed by atoms with van der Waals surface area (Å²) in [5.41, 5.74) is 0. The number of rotatable bonds is 13. The maximum absolute atomic E-state index is 11.8. The molecule has 1 unspecified atom stereocenters. The first kappa shape index (κ1) is 27.7. The highest BCUT2D eigenvalue weighted by Crippen LogP contribution is 2.47. The Morgan fingerprint density at radius 1 is 0.923 bits per heavy atom. The van der Waals surface area contributed by atoms with Crippen molar-refractivity contribution >= 4 is 39.2 Å². The van der Waals surface area contributed by atoms with Crippen LogP contribution in [-0.4, -0.2) is 63.2 Å². The number of hydrogen-bond acceptors (Lipinski definition) is 9. The van der Waals surface area contributed by atoms with E-state index in [9.17, 15) is 18.7 Å². The molecule has 0 aliphatic rings. The van der Waals surface area contributed by atoms with Gasteiger partial charge in [-0.15, -0.1) is 16.1 Å². The zero-order valence-corrected chi connectivity index (χ0v) is 18.1. The Morgan fingerprint density at radius 2 is 1.42 bits per heavy atom. The second-order valence-corrected chi connectivity index (χ2v) is 7.90. The number of esters is 2. The molecule has 0 aliphatic heterocycles. The van der Waals surface area contributed by atoms with Crippen LogP contribution in [0.5, 0.6) is 0 Å². The molecule has 0 aliphatic carbocycles. The molecule has 0 saturated carbocycles. The van der Waals surface area contributed by atoms with Crippen molar-refractivity contribution in [3.8, 4) is 0 Å². The van der Waals surface area contributed by atoms with Gasteiger partial charge in [0.05, 0.1) is 32.3 Å². The second kappa shape index (κ2) is 17.8. The molecule has 0 aromatic carbocycles. The molecule has 0 aromatic heterocycles. The molecule has 0 amide bonds. The van der Waals surface area contributed by atoms with Gasteiger partial charge in [-0.3, -0.25) is 9.36 Å². The van der Waals surface area contributed by atoms with E-state index in [1.54, 1.807) is 27.7 Å². The van der Waals surface area contributed by atoms with Crippen molar-refractivity contribution in [2.24, 2.45) is 0 Å². The third-order valence-electron chi connectivity index (χ3n) is 2.16. The highest BCUT2D eigenvalue weighted by atomic mass is 35.5. The van der Waals surface area contributed by atoms with Gasteiger partial charge in [-0.25, -0.2) is 4.79 Å². The fourth-order valence-electron chi connectivity index (χ4n) is 1.38. The van der Waals surface area contributed by atoms with Gasteiger partial charge >= 0.3 is 27.6 Å². The highest BCUT2D eigenvalue weighted by molar-refractivity contribution is 7.54.